The highest BCUT2D eigenvalue weighted by Crippen LogP contribution is 2.20. The van der Waals surface area contributed by atoms with Crippen molar-refractivity contribution in [1.82, 2.24) is 20.3 Å². The number of benzene rings is 1. The largest absolute Gasteiger partial charge is 0.377 e. The van der Waals surface area contributed by atoms with Gasteiger partial charge < -0.3 is 30.7 Å². The van der Waals surface area contributed by atoms with Crippen LogP contribution in [0.3, 0.4) is 0 Å². The topological polar surface area (TPSA) is 122 Å². The second kappa shape index (κ2) is 16.7. The number of amides is 1. The number of nitrogens with one attached hydrogen (secondary N) is 4. The summed E-state index contributed by atoms with van der Waals surface area (Å²) >= 11 is 0. The minimum Gasteiger partial charge on any atom is -0.377 e. The minimum atomic E-state index is -0.0975. The maximum absolute atomic E-state index is 12.0. The Bertz CT molecular complexity index is 906. The van der Waals surface area contributed by atoms with Crippen LogP contribution in [-0.4, -0.2) is 72.5 Å². The van der Waals surface area contributed by atoms with Gasteiger partial charge in [-0.25, -0.2) is 0 Å². The third-order valence-corrected chi connectivity index (χ3v) is 5.96. The zero-order valence-corrected chi connectivity index (χ0v) is 22.3. The molecule has 1 aromatic heterocycles. The van der Waals surface area contributed by atoms with E-state index in [-0.39, 0.29) is 11.9 Å². The molecular formula is C27H43N7O3. The van der Waals surface area contributed by atoms with E-state index in [1.165, 1.54) is 32.1 Å². The molecule has 204 valence electrons. The van der Waals surface area contributed by atoms with Crippen LogP contribution in [0.15, 0.2) is 30.3 Å². The van der Waals surface area contributed by atoms with Crippen LogP contribution in [0.1, 0.15) is 69.2 Å². The molecule has 1 aliphatic rings. The summed E-state index contributed by atoms with van der Waals surface area (Å²) in [6, 6.07) is 9.76. The van der Waals surface area contributed by atoms with Gasteiger partial charge in [0.1, 0.15) is 0 Å². The number of aromatic nitrogens is 3. The predicted octanol–water partition coefficient (Wildman–Crippen LogP) is 4.09. The number of anilines is 3. The summed E-state index contributed by atoms with van der Waals surface area (Å²) in [6.45, 7) is 7.02. The smallest absolute Gasteiger partial charge is 0.251 e. The van der Waals surface area contributed by atoms with E-state index in [2.05, 4.69) is 50.1 Å². The van der Waals surface area contributed by atoms with Crippen molar-refractivity contribution in [3.63, 3.8) is 0 Å². The summed E-state index contributed by atoms with van der Waals surface area (Å²) < 4.78 is 11.2. The molecule has 1 heterocycles. The van der Waals surface area contributed by atoms with Crippen molar-refractivity contribution in [3.05, 3.63) is 35.9 Å². The summed E-state index contributed by atoms with van der Waals surface area (Å²) in [5, 5.41) is 12.9. The summed E-state index contributed by atoms with van der Waals surface area (Å²) in [7, 11) is 0. The molecule has 4 N–H and O–H groups in total. The Hall–Kier alpha value is -2.98. The fourth-order valence-corrected chi connectivity index (χ4v) is 4.11. The number of nitrogens with zero attached hydrogens (tertiary/aromatic N) is 3. The molecule has 0 radical (unpaired) electrons. The van der Waals surface area contributed by atoms with Gasteiger partial charge in [0.2, 0.25) is 17.8 Å². The van der Waals surface area contributed by atoms with Crippen molar-refractivity contribution < 1.29 is 14.3 Å². The number of ether oxygens (including phenoxy) is 2. The first-order chi connectivity index (χ1) is 18.1. The van der Waals surface area contributed by atoms with Crippen LogP contribution in [0.4, 0.5) is 17.8 Å². The van der Waals surface area contributed by atoms with Gasteiger partial charge in [0.05, 0.1) is 26.4 Å². The summed E-state index contributed by atoms with van der Waals surface area (Å²) in [5.74, 6) is 1.61. The lowest BCUT2D eigenvalue weighted by Crippen LogP contribution is -2.27. The van der Waals surface area contributed by atoms with Gasteiger partial charge in [0.25, 0.3) is 5.91 Å². The van der Waals surface area contributed by atoms with Gasteiger partial charge in [0, 0.05) is 30.7 Å². The van der Waals surface area contributed by atoms with Gasteiger partial charge in [-0.2, -0.15) is 15.0 Å². The van der Waals surface area contributed by atoms with E-state index in [4.69, 9.17) is 9.47 Å². The molecule has 1 fully saturated rings. The van der Waals surface area contributed by atoms with Crippen molar-refractivity contribution in [2.75, 3.05) is 55.5 Å². The van der Waals surface area contributed by atoms with E-state index in [1.54, 1.807) is 12.1 Å². The Morgan fingerprint density at radius 1 is 0.838 bits per heavy atom. The molecule has 0 atom stereocenters. The Kier molecular flexibility index (Phi) is 12.9. The maximum atomic E-state index is 12.0. The molecule has 1 aromatic carbocycles. The zero-order valence-electron chi connectivity index (χ0n) is 22.3. The summed E-state index contributed by atoms with van der Waals surface area (Å²) in [4.78, 5) is 25.7. The number of hydrogen-bond acceptors (Lipinski definition) is 9. The number of rotatable bonds is 15. The first-order valence-corrected chi connectivity index (χ1v) is 13.6. The van der Waals surface area contributed by atoms with Crippen LogP contribution in [0.25, 0.3) is 0 Å². The average Bonchev–Trinajstić information content (AvgIpc) is 2.86. The molecule has 10 heteroatoms. The zero-order chi connectivity index (χ0) is 26.1. The molecule has 10 nitrogen and oxygen atoms in total. The predicted molar refractivity (Wildman–Crippen MR) is 147 cm³/mol. The molecule has 2 aromatic rings. The van der Waals surface area contributed by atoms with Gasteiger partial charge >= 0.3 is 0 Å². The van der Waals surface area contributed by atoms with E-state index < -0.39 is 0 Å². The van der Waals surface area contributed by atoms with Gasteiger partial charge in [0.15, 0.2) is 0 Å². The molecule has 1 amide bonds. The Balaban J connectivity index is 1.32. The van der Waals surface area contributed by atoms with Crippen molar-refractivity contribution in [2.24, 2.45) is 0 Å². The highest BCUT2D eigenvalue weighted by molar-refractivity contribution is 5.94. The van der Waals surface area contributed by atoms with Gasteiger partial charge in [-0.1, -0.05) is 50.3 Å². The van der Waals surface area contributed by atoms with Gasteiger partial charge in [-0.05, 0) is 38.8 Å². The van der Waals surface area contributed by atoms with E-state index in [0.717, 1.165) is 12.8 Å². The molecular weight excluding hydrogens is 470 g/mol. The van der Waals surface area contributed by atoms with Crippen molar-refractivity contribution in [3.8, 4) is 0 Å². The lowest BCUT2D eigenvalue weighted by molar-refractivity contribution is 0.0519. The molecule has 1 saturated carbocycles. The maximum Gasteiger partial charge on any atom is 0.251 e. The molecule has 0 bridgehead atoms. The van der Waals surface area contributed by atoms with Crippen molar-refractivity contribution in [1.29, 1.82) is 0 Å². The molecule has 0 saturated heterocycles. The fourth-order valence-electron chi connectivity index (χ4n) is 4.11. The second-order valence-electron chi connectivity index (χ2n) is 9.57. The Morgan fingerprint density at radius 2 is 1.46 bits per heavy atom. The van der Waals surface area contributed by atoms with E-state index in [0.29, 0.717) is 69.0 Å². The van der Waals surface area contributed by atoms with Gasteiger partial charge in [-0.15, -0.1) is 0 Å². The third-order valence-electron chi connectivity index (χ3n) is 5.96. The van der Waals surface area contributed by atoms with Crippen molar-refractivity contribution in [2.45, 2.75) is 70.9 Å². The van der Waals surface area contributed by atoms with Crippen LogP contribution in [0.5, 0.6) is 0 Å². The summed E-state index contributed by atoms with van der Waals surface area (Å²) in [5.41, 5.74) is 0.645. The van der Waals surface area contributed by atoms with E-state index in [1.807, 2.05) is 18.2 Å². The number of carbonyl (C=O) groups is 1. The molecule has 0 unspecified atom stereocenters. The van der Waals surface area contributed by atoms with Gasteiger partial charge in [-0.3, -0.25) is 4.79 Å². The second-order valence-corrected chi connectivity index (χ2v) is 9.57. The lowest BCUT2D eigenvalue weighted by Gasteiger charge is -2.21. The normalized spacial score (nSPS) is 14.6. The molecule has 1 aliphatic carbocycles. The minimum absolute atomic E-state index is 0.0975. The summed E-state index contributed by atoms with van der Waals surface area (Å²) in [6.07, 6.45) is 8.74. The van der Waals surface area contributed by atoms with Crippen molar-refractivity contribution >= 4 is 23.8 Å². The molecule has 0 spiro atoms. The van der Waals surface area contributed by atoms with E-state index in [9.17, 15) is 4.79 Å². The monoisotopic (exact) mass is 513 g/mol. The van der Waals surface area contributed by atoms with Crippen LogP contribution >= 0.6 is 0 Å². The Morgan fingerprint density at radius 3 is 2.16 bits per heavy atom. The average molecular weight is 514 g/mol. The van der Waals surface area contributed by atoms with Crippen LogP contribution in [0, 0.1) is 0 Å². The van der Waals surface area contributed by atoms with E-state index >= 15 is 0 Å². The number of hydrogen-bond donors (Lipinski definition) is 4. The highest BCUT2D eigenvalue weighted by atomic mass is 16.5. The standard InChI is InChI=1S/C27H43N7O3/c1-21(2)30-26-32-25(33-27(34-26)31-23-13-9-4-3-5-10-14-23)29-16-18-37-20-19-36-17-15-28-24(35)22-11-7-6-8-12-22/h6-8,11-12,21,23H,3-5,9-10,13-20H2,1-2H3,(H,28,35)(H3,29,30,31,32,33,34). The number of carbonyl (C=O) groups excluding carboxylic acids is 1. The quantitative estimate of drug-likeness (QED) is 0.261. The van der Waals surface area contributed by atoms with Crippen LogP contribution in [-0.2, 0) is 9.47 Å². The van der Waals surface area contributed by atoms with Crippen LogP contribution in [0.2, 0.25) is 0 Å². The third kappa shape index (κ3) is 11.7. The highest BCUT2D eigenvalue weighted by Gasteiger charge is 2.14. The fraction of sp³-hybridized carbons (Fsp3) is 0.630. The SMILES string of the molecule is CC(C)Nc1nc(NCCOCCOCCNC(=O)c2ccccc2)nc(NC2CCCCCCC2)n1. The first-order valence-electron chi connectivity index (χ1n) is 13.6. The molecule has 37 heavy (non-hydrogen) atoms. The van der Waals surface area contributed by atoms with Crippen LogP contribution < -0.4 is 21.3 Å². The molecule has 0 aliphatic heterocycles. The molecule has 3 rings (SSSR count). The lowest BCUT2D eigenvalue weighted by atomic mass is 9.97. The first kappa shape index (κ1) is 28.6. The Labute approximate surface area is 220 Å².